The highest BCUT2D eigenvalue weighted by Gasteiger charge is 2.42. The van der Waals surface area contributed by atoms with Crippen molar-refractivity contribution >= 4 is 11.8 Å². The van der Waals surface area contributed by atoms with Crippen molar-refractivity contribution in [3.05, 3.63) is 72.8 Å². The van der Waals surface area contributed by atoms with Gasteiger partial charge in [-0.05, 0) is 42.9 Å². The van der Waals surface area contributed by atoms with Gasteiger partial charge in [0, 0.05) is 19.6 Å². The van der Waals surface area contributed by atoms with E-state index in [2.05, 4.69) is 39.7 Å². The molecular weight excluding hydrogens is 402 g/mol. The van der Waals surface area contributed by atoms with Crippen LogP contribution in [0.25, 0.3) is 11.1 Å². The Balaban J connectivity index is 1.54. The van der Waals surface area contributed by atoms with Gasteiger partial charge in [0.15, 0.2) is 0 Å². The van der Waals surface area contributed by atoms with Crippen molar-refractivity contribution < 1.29 is 9.59 Å². The number of hydrogen-bond acceptors (Lipinski definition) is 4. The van der Waals surface area contributed by atoms with E-state index in [1.165, 1.54) is 11.0 Å². The Hall–Kier alpha value is -3.48. The first kappa shape index (κ1) is 21.7. The highest BCUT2D eigenvalue weighted by Crippen LogP contribution is 2.38. The molecule has 1 N–H and O–H groups in total. The average Bonchev–Trinajstić information content (AvgIpc) is 3.33. The number of carbonyl (C=O) groups is 2. The Morgan fingerprint density at radius 1 is 1.03 bits per heavy atom. The van der Waals surface area contributed by atoms with Gasteiger partial charge in [-0.3, -0.25) is 9.59 Å². The van der Waals surface area contributed by atoms with Gasteiger partial charge in [0.05, 0.1) is 5.41 Å². The predicted molar refractivity (Wildman–Crippen MR) is 123 cm³/mol. The molecule has 2 heterocycles. The highest BCUT2D eigenvalue weighted by molar-refractivity contribution is 5.84. The highest BCUT2D eigenvalue weighted by atomic mass is 16.2. The fraction of sp³-hybridized carbons (Fsp3) is 0.360. The number of carbonyl (C=O) groups excluding carboxylic acids is 2. The number of benzene rings is 2. The van der Waals surface area contributed by atoms with Gasteiger partial charge in [-0.2, -0.15) is 5.10 Å². The lowest BCUT2D eigenvalue weighted by Crippen LogP contribution is -2.51. The topological polar surface area (TPSA) is 80.1 Å². The van der Waals surface area contributed by atoms with E-state index in [-0.39, 0.29) is 18.4 Å². The molecule has 1 fully saturated rings. The van der Waals surface area contributed by atoms with E-state index in [0.717, 1.165) is 16.7 Å². The van der Waals surface area contributed by atoms with Crippen LogP contribution in [0.5, 0.6) is 0 Å². The summed E-state index contributed by atoms with van der Waals surface area (Å²) >= 11 is 0. The van der Waals surface area contributed by atoms with Crippen LogP contribution < -0.4 is 5.32 Å². The maximum Gasteiger partial charge on any atom is 0.244 e. The van der Waals surface area contributed by atoms with E-state index in [4.69, 9.17) is 0 Å². The molecule has 0 atom stereocenters. The zero-order valence-corrected chi connectivity index (χ0v) is 18.4. The van der Waals surface area contributed by atoms with E-state index >= 15 is 0 Å². The fourth-order valence-electron chi connectivity index (χ4n) is 4.51. The summed E-state index contributed by atoms with van der Waals surface area (Å²) in [6.07, 6.45) is 4.88. The molecule has 0 spiro atoms. The van der Waals surface area contributed by atoms with Gasteiger partial charge >= 0.3 is 0 Å². The molecule has 1 aromatic heterocycles. The summed E-state index contributed by atoms with van der Waals surface area (Å²) in [4.78, 5) is 31.7. The number of piperidine rings is 1. The Bertz CT molecular complexity index is 1040. The van der Waals surface area contributed by atoms with Crippen LogP contribution in [0.3, 0.4) is 0 Å². The van der Waals surface area contributed by atoms with Gasteiger partial charge in [0.2, 0.25) is 11.8 Å². The van der Waals surface area contributed by atoms with Crippen molar-refractivity contribution in [1.29, 1.82) is 0 Å². The molecule has 7 nitrogen and oxygen atoms in total. The van der Waals surface area contributed by atoms with Crippen LogP contribution in [0.15, 0.2) is 67.3 Å². The summed E-state index contributed by atoms with van der Waals surface area (Å²) in [5.74, 6) is 0.0796. The zero-order valence-electron chi connectivity index (χ0n) is 18.4. The molecule has 0 radical (unpaired) electrons. The lowest BCUT2D eigenvalue weighted by molar-refractivity contribution is -0.141. The number of aromatic nitrogens is 3. The van der Waals surface area contributed by atoms with Crippen LogP contribution in [0.2, 0.25) is 0 Å². The third-order valence-electron chi connectivity index (χ3n) is 6.29. The molecule has 166 valence electrons. The molecule has 1 aliphatic heterocycles. The second-order valence-electron chi connectivity index (χ2n) is 8.31. The molecule has 7 heteroatoms. The molecule has 0 unspecified atom stereocenters. The number of likely N-dealkylation sites (tertiary alicyclic amines) is 1. The Morgan fingerprint density at radius 3 is 2.44 bits per heavy atom. The minimum atomic E-state index is -0.537. The molecule has 32 heavy (non-hydrogen) atoms. The number of nitrogens with one attached hydrogen (secondary N) is 1. The third kappa shape index (κ3) is 4.72. The molecule has 0 bridgehead atoms. The average molecular weight is 432 g/mol. The summed E-state index contributed by atoms with van der Waals surface area (Å²) in [5.41, 5.74) is 2.92. The van der Waals surface area contributed by atoms with Crippen LogP contribution in [0, 0.1) is 5.41 Å². The summed E-state index contributed by atoms with van der Waals surface area (Å²) in [5, 5.41) is 7.07. The summed E-state index contributed by atoms with van der Waals surface area (Å²) < 4.78 is 1.53. The zero-order chi connectivity index (χ0) is 22.4. The van der Waals surface area contributed by atoms with Gasteiger partial charge in [-0.1, -0.05) is 54.6 Å². The fourth-order valence-corrected chi connectivity index (χ4v) is 4.51. The van der Waals surface area contributed by atoms with Gasteiger partial charge in [-0.15, -0.1) is 0 Å². The maximum absolute atomic E-state index is 13.3. The van der Waals surface area contributed by atoms with Crippen LogP contribution in [0.4, 0.5) is 0 Å². The normalized spacial score (nSPS) is 15.3. The van der Waals surface area contributed by atoms with Crippen LogP contribution in [-0.2, 0) is 22.6 Å². The first-order valence-corrected chi connectivity index (χ1v) is 11.1. The summed E-state index contributed by atoms with van der Waals surface area (Å²) in [6.45, 7) is 3.82. The van der Waals surface area contributed by atoms with Gasteiger partial charge in [0.25, 0.3) is 0 Å². The third-order valence-corrected chi connectivity index (χ3v) is 6.29. The van der Waals surface area contributed by atoms with Crippen molar-refractivity contribution in [3.63, 3.8) is 0 Å². The quantitative estimate of drug-likeness (QED) is 0.624. The maximum atomic E-state index is 13.3. The second kappa shape index (κ2) is 9.77. The van der Waals surface area contributed by atoms with Gasteiger partial charge < -0.3 is 10.2 Å². The van der Waals surface area contributed by atoms with Crippen molar-refractivity contribution in [2.75, 3.05) is 19.6 Å². The van der Waals surface area contributed by atoms with E-state index in [9.17, 15) is 9.59 Å². The Labute approximate surface area is 188 Å². The first-order chi connectivity index (χ1) is 15.6. The Kier molecular flexibility index (Phi) is 6.63. The van der Waals surface area contributed by atoms with E-state index in [1.54, 1.807) is 6.33 Å². The number of amides is 2. The molecule has 0 aliphatic carbocycles. The smallest absolute Gasteiger partial charge is 0.244 e. The summed E-state index contributed by atoms with van der Waals surface area (Å²) in [6, 6.07) is 18.6. The van der Waals surface area contributed by atoms with Gasteiger partial charge in [0.1, 0.15) is 19.2 Å². The molecule has 0 saturated carbocycles. The lowest BCUT2D eigenvalue weighted by atomic mass is 9.72. The van der Waals surface area contributed by atoms with Gasteiger partial charge in [-0.25, -0.2) is 9.67 Å². The molecule has 2 aromatic carbocycles. The van der Waals surface area contributed by atoms with E-state index < -0.39 is 5.41 Å². The molecule has 1 aliphatic rings. The predicted octanol–water partition coefficient (Wildman–Crippen LogP) is 2.93. The lowest BCUT2D eigenvalue weighted by Gasteiger charge is -2.41. The number of hydrogen-bond donors (Lipinski definition) is 1. The van der Waals surface area contributed by atoms with Crippen molar-refractivity contribution in [2.45, 2.75) is 32.7 Å². The van der Waals surface area contributed by atoms with Crippen LogP contribution in [0.1, 0.15) is 25.3 Å². The molecule has 3 aromatic rings. The van der Waals surface area contributed by atoms with E-state index in [0.29, 0.717) is 38.9 Å². The standard InChI is InChI=1S/C25H29N5O2/c1-2-27-24(32)25(12-14-29(15-13-25)23(31)17-30-19-26-18-28-30)16-21-10-6-7-11-22(21)20-8-4-3-5-9-20/h3-11,18-19H,2,12-17H2,1H3,(H,27,32). The van der Waals surface area contributed by atoms with Crippen molar-refractivity contribution in [3.8, 4) is 11.1 Å². The number of rotatable bonds is 7. The molecular formula is C25H29N5O2. The molecule has 4 rings (SSSR count). The first-order valence-electron chi connectivity index (χ1n) is 11.1. The molecule has 1 saturated heterocycles. The van der Waals surface area contributed by atoms with Crippen LogP contribution >= 0.6 is 0 Å². The van der Waals surface area contributed by atoms with E-state index in [1.807, 2.05) is 42.2 Å². The Morgan fingerprint density at radius 2 is 1.75 bits per heavy atom. The van der Waals surface area contributed by atoms with Crippen molar-refractivity contribution in [2.24, 2.45) is 5.41 Å². The van der Waals surface area contributed by atoms with Crippen molar-refractivity contribution in [1.82, 2.24) is 25.0 Å². The van der Waals surface area contributed by atoms with Crippen LogP contribution in [-0.4, -0.2) is 51.1 Å². The number of nitrogens with zero attached hydrogens (tertiary/aromatic N) is 4. The summed E-state index contributed by atoms with van der Waals surface area (Å²) in [7, 11) is 0. The largest absolute Gasteiger partial charge is 0.356 e. The minimum Gasteiger partial charge on any atom is -0.356 e. The second-order valence-corrected chi connectivity index (χ2v) is 8.31. The SMILES string of the molecule is CCNC(=O)C1(Cc2ccccc2-c2ccccc2)CCN(C(=O)Cn2cncn2)CC1. The molecule has 2 amide bonds. The monoisotopic (exact) mass is 431 g/mol. The minimum absolute atomic E-state index is 0.00434.